The average Bonchev–Trinajstić information content (AvgIpc) is 3.04. The van der Waals surface area contributed by atoms with E-state index in [1.165, 1.54) is 6.42 Å². The summed E-state index contributed by atoms with van der Waals surface area (Å²) in [6.45, 7) is 7.57. The number of nitrogens with one attached hydrogen (secondary N) is 1. The lowest BCUT2D eigenvalue weighted by Gasteiger charge is -2.32. The van der Waals surface area contributed by atoms with Gasteiger partial charge in [0.1, 0.15) is 11.6 Å². The van der Waals surface area contributed by atoms with Crippen LogP contribution in [0.3, 0.4) is 0 Å². The first-order valence-electron chi connectivity index (χ1n) is 8.48. The monoisotopic (exact) mass is 312 g/mol. The molecule has 0 bridgehead atoms. The van der Waals surface area contributed by atoms with Crippen molar-refractivity contribution in [3.8, 4) is 0 Å². The third-order valence-corrected chi connectivity index (χ3v) is 4.96. The van der Waals surface area contributed by atoms with Gasteiger partial charge in [0.25, 0.3) is 0 Å². The van der Waals surface area contributed by atoms with Crippen LogP contribution in [-0.4, -0.2) is 65.1 Å². The molecule has 0 aliphatic carbocycles. The maximum atomic E-state index is 6.09. The van der Waals surface area contributed by atoms with Crippen LogP contribution in [0.1, 0.15) is 12.2 Å². The largest absolute Gasteiger partial charge is 0.383 e. The molecular weight excluding hydrogens is 288 g/mol. The molecule has 2 saturated heterocycles. The van der Waals surface area contributed by atoms with E-state index in [-0.39, 0.29) is 0 Å². The Morgan fingerprint density at radius 3 is 2.83 bits per heavy atom. The van der Waals surface area contributed by atoms with Crippen LogP contribution in [0.2, 0.25) is 0 Å². The summed E-state index contributed by atoms with van der Waals surface area (Å²) >= 11 is 0. The fraction of sp³-hybridized carbons (Fsp3) is 0.529. The Bertz CT molecular complexity index is 682. The standard InChI is InChI=1S/C17H24N6/c18-17-14-3-1-2-4-15(14)20-16(21-17)12-22-8-5-13(11-22)23-9-6-19-7-10-23/h1-4,13,19H,5-12H2,(H2,18,20,21). The molecule has 0 saturated carbocycles. The molecule has 3 N–H and O–H groups in total. The zero-order valence-corrected chi connectivity index (χ0v) is 13.4. The molecule has 2 aromatic rings. The molecule has 0 spiro atoms. The minimum absolute atomic E-state index is 0.587. The quantitative estimate of drug-likeness (QED) is 0.869. The number of hydrogen-bond acceptors (Lipinski definition) is 6. The number of para-hydroxylation sites is 1. The number of nitrogens with two attached hydrogens (primary N) is 1. The number of nitrogens with zero attached hydrogens (tertiary/aromatic N) is 4. The minimum atomic E-state index is 0.587. The number of nitrogen functional groups attached to an aromatic ring is 1. The maximum Gasteiger partial charge on any atom is 0.145 e. The molecule has 6 heteroatoms. The lowest BCUT2D eigenvalue weighted by Crippen LogP contribution is -2.49. The number of fused-ring (bicyclic) bond motifs is 1. The Morgan fingerprint density at radius 1 is 1.13 bits per heavy atom. The van der Waals surface area contributed by atoms with Crippen molar-refractivity contribution in [2.75, 3.05) is 45.0 Å². The molecule has 0 amide bonds. The summed E-state index contributed by atoms with van der Waals surface area (Å²) in [5.41, 5.74) is 7.03. The highest BCUT2D eigenvalue weighted by atomic mass is 15.3. The Morgan fingerprint density at radius 2 is 1.96 bits per heavy atom. The van der Waals surface area contributed by atoms with Crippen molar-refractivity contribution in [1.29, 1.82) is 0 Å². The summed E-state index contributed by atoms with van der Waals surface area (Å²) in [5.74, 6) is 1.42. The number of piperazine rings is 1. The van der Waals surface area contributed by atoms with Gasteiger partial charge in [0.15, 0.2) is 0 Å². The van der Waals surface area contributed by atoms with Crippen LogP contribution >= 0.6 is 0 Å². The van der Waals surface area contributed by atoms with Gasteiger partial charge in [0, 0.05) is 50.7 Å². The number of benzene rings is 1. The van der Waals surface area contributed by atoms with E-state index in [0.717, 1.165) is 62.5 Å². The predicted molar refractivity (Wildman–Crippen MR) is 92.1 cm³/mol. The molecule has 122 valence electrons. The second-order valence-corrected chi connectivity index (χ2v) is 6.51. The van der Waals surface area contributed by atoms with Gasteiger partial charge in [-0.25, -0.2) is 9.97 Å². The minimum Gasteiger partial charge on any atom is -0.383 e. The molecule has 6 nitrogen and oxygen atoms in total. The Hall–Kier alpha value is -1.76. The van der Waals surface area contributed by atoms with Crippen LogP contribution < -0.4 is 11.1 Å². The first kappa shape index (κ1) is 14.8. The summed E-state index contributed by atoms with van der Waals surface area (Å²) in [4.78, 5) is 14.3. The molecule has 23 heavy (non-hydrogen) atoms. The average molecular weight is 312 g/mol. The van der Waals surface area contributed by atoms with Gasteiger partial charge in [-0.2, -0.15) is 0 Å². The molecule has 0 radical (unpaired) electrons. The van der Waals surface area contributed by atoms with Crippen molar-refractivity contribution >= 4 is 16.7 Å². The summed E-state index contributed by atoms with van der Waals surface area (Å²) in [7, 11) is 0. The molecule has 2 aliphatic rings. The van der Waals surface area contributed by atoms with E-state index in [2.05, 4.69) is 25.1 Å². The Kier molecular flexibility index (Phi) is 4.11. The zero-order valence-electron chi connectivity index (χ0n) is 13.4. The molecule has 2 aliphatic heterocycles. The van der Waals surface area contributed by atoms with Crippen molar-refractivity contribution in [2.24, 2.45) is 0 Å². The van der Waals surface area contributed by atoms with Crippen molar-refractivity contribution in [3.05, 3.63) is 30.1 Å². The smallest absolute Gasteiger partial charge is 0.145 e. The Balaban J connectivity index is 1.44. The molecule has 1 atom stereocenters. The van der Waals surface area contributed by atoms with E-state index in [1.807, 2.05) is 24.3 Å². The molecule has 1 aromatic carbocycles. The van der Waals surface area contributed by atoms with Gasteiger partial charge in [0.05, 0.1) is 12.1 Å². The topological polar surface area (TPSA) is 70.3 Å². The molecular formula is C17H24N6. The molecule has 2 fully saturated rings. The highest BCUT2D eigenvalue weighted by Crippen LogP contribution is 2.20. The molecule has 4 rings (SSSR count). The van der Waals surface area contributed by atoms with Gasteiger partial charge in [-0.1, -0.05) is 12.1 Å². The van der Waals surface area contributed by atoms with E-state index < -0.39 is 0 Å². The van der Waals surface area contributed by atoms with Crippen molar-refractivity contribution in [3.63, 3.8) is 0 Å². The van der Waals surface area contributed by atoms with E-state index >= 15 is 0 Å². The second kappa shape index (κ2) is 6.39. The van der Waals surface area contributed by atoms with Crippen LogP contribution in [0.5, 0.6) is 0 Å². The van der Waals surface area contributed by atoms with E-state index in [9.17, 15) is 0 Å². The van der Waals surface area contributed by atoms with Crippen LogP contribution in [0.15, 0.2) is 24.3 Å². The third kappa shape index (κ3) is 3.15. The van der Waals surface area contributed by atoms with Crippen LogP contribution in [0.25, 0.3) is 10.9 Å². The van der Waals surface area contributed by atoms with Crippen LogP contribution in [0, 0.1) is 0 Å². The van der Waals surface area contributed by atoms with Crippen molar-refractivity contribution < 1.29 is 0 Å². The number of likely N-dealkylation sites (tertiary alicyclic amines) is 1. The van der Waals surface area contributed by atoms with Gasteiger partial charge in [-0.15, -0.1) is 0 Å². The predicted octanol–water partition coefficient (Wildman–Crippen LogP) is 0.692. The lowest BCUT2D eigenvalue weighted by atomic mass is 10.2. The normalized spacial score (nSPS) is 23.6. The van der Waals surface area contributed by atoms with Crippen LogP contribution in [-0.2, 0) is 6.54 Å². The number of hydrogen-bond donors (Lipinski definition) is 2. The SMILES string of the molecule is Nc1nc(CN2CCC(N3CCNCC3)C2)nc2ccccc12. The third-order valence-electron chi connectivity index (χ3n) is 4.96. The summed E-state index contributed by atoms with van der Waals surface area (Å²) < 4.78 is 0. The van der Waals surface area contributed by atoms with E-state index in [4.69, 9.17) is 5.73 Å². The fourth-order valence-corrected chi connectivity index (χ4v) is 3.72. The van der Waals surface area contributed by atoms with E-state index in [1.54, 1.807) is 0 Å². The number of aromatic nitrogens is 2. The summed E-state index contributed by atoms with van der Waals surface area (Å²) in [6, 6.07) is 8.62. The first-order chi connectivity index (χ1) is 11.3. The van der Waals surface area contributed by atoms with Crippen LogP contribution in [0.4, 0.5) is 5.82 Å². The number of rotatable bonds is 3. The Labute approximate surface area is 136 Å². The number of anilines is 1. The summed E-state index contributed by atoms with van der Waals surface area (Å²) in [6.07, 6.45) is 1.24. The highest BCUT2D eigenvalue weighted by Gasteiger charge is 2.28. The zero-order chi connectivity index (χ0) is 15.6. The van der Waals surface area contributed by atoms with Gasteiger partial charge < -0.3 is 11.1 Å². The molecule has 3 heterocycles. The van der Waals surface area contributed by atoms with Gasteiger partial charge >= 0.3 is 0 Å². The summed E-state index contributed by atoms with van der Waals surface area (Å²) in [5, 5.41) is 4.36. The first-order valence-corrected chi connectivity index (χ1v) is 8.48. The lowest BCUT2D eigenvalue weighted by molar-refractivity contribution is 0.170. The van der Waals surface area contributed by atoms with Gasteiger partial charge in [-0.3, -0.25) is 9.80 Å². The molecule has 1 unspecified atom stereocenters. The van der Waals surface area contributed by atoms with Crippen molar-refractivity contribution in [1.82, 2.24) is 25.1 Å². The van der Waals surface area contributed by atoms with Gasteiger partial charge in [0.2, 0.25) is 0 Å². The van der Waals surface area contributed by atoms with Gasteiger partial charge in [-0.05, 0) is 18.6 Å². The fourth-order valence-electron chi connectivity index (χ4n) is 3.72. The maximum absolute atomic E-state index is 6.09. The van der Waals surface area contributed by atoms with E-state index in [0.29, 0.717) is 11.9 Å². The second-order valence-electron chi connectivity index (χ2n) is 6.51. The highest BCUT2D eigenvalue weighted by molar-refractivity contribution is 5.87. The molecule has 1 aromatic heterocycles. The van der Waals surface area contributed by atoms with Crippen molar-refractivity contribution in [2.45, 2.75) is 19.0 Å².